The fourth-order valence-electron chi connectivity index (χ4n) is 1.35. The fourth-order valence-corrected chi connectivity index (χ4v) is 2.11. The highest BCUT2D eigenvalue weighted by Gasteiger charge is 2.25. The summed E-state index contributed by atoms with van der Waals surface area (Å²) in [6, 6.07) is 0. The SMILES string of the molecule is C[Si](C)(C)ON=C1CCC(=O)CC1=NO[Si](C)(C)C. The molecule has 1 fully saturated rings. The molecule has 0 radical (unpaired) electrons. The van der Waals surface area contributed by atoms with Gasteiger partial charge in [-0.25, -0.2) is 0 Å². The second-order valence-corrected chi connectivity index (χ2v) is 15.5. The van der Waals surface area contributed by atoms with Crippen molar-refractivity contribution in [1.82, 2.24) is 0 Å². The summed E-state index contributed by atoms with van der Waals surface area (Å²) in [6.45, 7) is 12.4. The molecule has 0 aliphatic heterocycles. The molecule has 0 saturated heterocycles. The Balaban J connectivity index is 2.84. The third-order valence-electron chi connectivity index (χ3n) is 2.20. The lowest BCUT2D eigenvalue weighted by Gasteiger charge is -2.20. The van der Waals surface area contributed by atoms with E-state index in [1.807, 2.05) is 0 Å². The van der Waals surface area contributed by atoms with E-state index in [1.54, 1.807) is 0 Å². The Morgan fingerprint density at radius 3 is 1.79 bits per heavy atom. The average molecular weight is 301 g/mol. The van der Waals surface area contributed by atoms with Crippen molar-refractivity contribution in [3.8, 4) is 0 Å². The van der Waals surface area contributed by atoms with Gasteiger partial charge < -0.3 is 9.05 Å². The zero-order valence-corrected chi connectivity index (χ0v) is 14.7. The highest BCUT2D eigenvalue weighted by Crippen LogP contribution is 2.14. The molecule has 7 heteroatoms. The van der Waals surface area contributed by atoms with Crippen molar-refractivity contribution in [1.29, 1.82) is 0 Å². The Kier molecular flexibility index (Phi) is 5.08. The number of nitrogens with zero attached hydrogens (tertiary/aromatic N) is 2. The van der Waals surface area contributed by atoms with Gasteiger partial charge in [0.15, 0.2) is 0 Å². The molecule has 0 aromatic rings. The van der Waals surface area contributed by atoms with Gasteiger partial charge in [0.05, 0.1) is 6.42 Å². The minimum absolute atomic E-state index is 0.185. The van der Waals surface area contributed by atoms with Crippen LogP contribution in [0.15, 0.2) is 10.3 Å². The van der Waals surface area contributed by atoms with Crippen LogP contribution in [0.5, 0.6) is 0 Å². The Bertz CT molecular complexity index is 406. The molecule has 1 aliphatic carbocycles. The van der Waals surface area contributed by atoms with E-state index in [4.69, 9.17) is 9.05 Å². The van der Waals surface area contributed by atoms with Gasteiger partial charge in [-0.3, -0.25) is 4.79 Å². The third-order valence-corrected chi connectivity index (χ3v) is 3.48. The first kappa shape index (κ1) is 16.1. The Labute approximate surface area is 117 Å². The van der Waals surface area contributed by atoms with E-state index >= 15 is 0 Å². The van der Waals surface area contributed by atoms with E-state index in [2.05, 4.69) is 49.6 Å². The van der Waals surface area contributed by atoms with Crippen molar-refractivity contribution < 1.29 is 13.8 Å². The molecular weight excluding hydrogens is 276 g/mol. The zero-order chi connectivity index (χ0) is 14.7. The van der Waals surface area contributed by atoms with E-state index in [9.17, 15) is 4.79 Å². The largest absolute Gasteiger partial charge is 0.455 e. The van der Waals surface area contributed by atoms with Crippen LogP contribution in [0.2, 0.25) is 39.3 Å². The lowest BCUT2D eigenvalue weighted by Crippen LogP contribution is -2.30. The summed E-state index contributed by atoms with van der Waals surface area (Å²) in [5.74, 6) is 0.185. The van der Waals surface area contributed by atoms with Crippen LogP contribution in [-0.2, 0) is 13.8 Å². The van der Waals surface area contributed by atoms with Crippen molar-refractivity contribution in [3.63, 3.8) is 0 Å². The number of Topliss-reactive ketones (excluding diaryl/α,β-unsaturated/α-hetero) is 1. The minimum Gasteiger partial charge on any atom is -0.455 e. The molecule has 5 nitrogen and oxygen atoms in total. The molecule has 0 amide bonds. The topological polar surface area (TPSA) is 60.2 Å². The molecule has 0 N–H and O–H groups in total. The molecule has 0 aromatic heterocycles. The standard InChI is InChI=1S/C12H24N2O3Si2/c1-18(2,3)16-13-11-8-7-10(15)9-12(11)14-17-19(4,5)6/h7-9H2,1-6H3. The molecule has 1 saturated carbocycles. The van der Waals surface area contributed by atoms with Gasteiger partial charge in [-0.2, -0.15) is 0 Å². The minimum atomic E-state index is -1.74. The molecular formula is C12H24N2O3Si2. The van der Waals surface area contributed by atoms with E-state index in [1.165, 1.54) is 0 Å². The number of oxime groups is 2. The average Bonchev–Trinajstić information content (AvgIpc) is 2.22. The highest BCUT2D eigenvalue weighted by molar-refractivity contribution is 6.70. The Hall–Kier alpha value is -0.956. The molecule has 1 aliphatic rings. The van der Waals surface area contributed by atoms with Crippen LogP contribution in [0.1, 0.15) is 19.3 Å². The van der Waals surface area contributed by atoms with Crippen LogP contribution in [-0.4, -0.2) is 33.8 Å². The number of hydrogen-bond acceptors (Lipinski definition) is 5. The molecule has 0 atom stereocenters. The summed E-state index contributed by atoms with van der Waals surface area (Å²) >= 11 is 0. The van der Waals surface area contributed by atoms with Crippen LogP contribution in [0.3, 0.4) is 0 Å². The van der Waals surface area contributed by atoms with Crippen molar-refractivity contribution >= 4 is 33.8 Å². The van der Waals surface area contributed by atoms with Gasteiger partial charge in [0.25, 0.3) is 16.6 Å². The smallest absolute Gasteiger partial charge is 0.278 e. The first-order chi connectivity index (χ1) is 8.57. The van der Waals surface area contributed by atoms with E-state index in [-0.39, 0.29) is 5.78 Å². The predicted octanol–water partition coefficient (Wildman–Crippen LogP) is 3.15. The number of carbonyl (C=O) groups is 1. The van der Waals surface area contributed by atoms with E-state index < -0.39 is 16.6 Å². The molecule has 0 heterocycles. The molecule has 0 bridgehead atoms. The van der Waals surface area contributed by atoms with Crippen LogP contribution in [0.25, 0.3) is 0 Å². The van der Waals surface area contributed by atoms with Crippen molar-refractivity contribution in [2.45, 2.75) is 58.5 Å². The maximum Gasteiger partial charge on any atom is 0.278 e. The first-order valence-electron chi connectivity index (χ1n) is 6.59. The second-order valence-electron chi connectivity index (χ2n) is 6.70. The molecule has 1 rings (SSSR count). The lowest BCUT2D eigenvalue weighted by molar-refractivity contribution is -0.117. The normalized spacial score (nSPS) is 21.9. The van der Waals surface area contributed by atoms with Crippen molar-refractivity contribution in [3.05, 3.63) is 0 Å². The van der Waals surface area contributed by atoms with Gasteiger partial charge >= 0.3 is 0 Å². The maximum atomic E-state index is 11.5. The third kappa shape index (κ3) is 6.67. The van der Waals surface area contributed by atoms with E-state index in [0.29, 0.717) is 25.0 Å². The number of ketones is 1. The maximum absolute atomic E-state index is 11.5. The molecule has 108 valence electrons. The van der Waals surface area contributed by atoms with Crippen LogP contribution < -0.4 is 0 Å². The number of hydrogen-bond donors (Lipinski definition) is 0. The monoisotopic (exact) mass is 300 g/mol. The summed E-state index contributed by atoms with van der Waals surface area (Å²) in [7, 11) is -3.45. The Morgan fingerprint density at radius 2 is 1.32 bits per heavy atom. The Morgan fingerprint density at radius 1 is 0.842 bits per heavy atom. The van der Waals surface area contributed by atoms with Crippen LogP contribution >= 0.6 is 0 Å². The van der Waals surface area contributed by atoms with Crippen molar-refractivity contribution in [2.75, 3.05) is 0 Å². The van der Waals surface area contributed by atoms with E-state index in [0.717, 1.165) is 5.71 Å². The van der Waals surface area contributed by atoms with Crippen LogP contribution in [0.4, 0.5) is 0 Å². The van der Waals surface area contributed by atoms with Gasteiger partial charge in [0, 0.05) is 12.8 Å². The van der Waals surface area contributed by atoms with Gasteiger partial charge in [-0.15, -0.1) is 10.3 Å². The van der Waals surface area contributed by atoms with Gasteiger partial charge in [-0.05, 0) is 39.3 Å². The lowest BCUT2D eigenvalue weighted by atomic mass is 9.95. The summed E-state index contributed by atoms with van der Waals surface area (Å²) in [5.41, 5.74) is 1.40. The summed E-state index contributed by atoms with van der Waals surface area (Å²) in [6.07, 6.45) is 1.41. The van der Waals surface area contributed by atoms with Gasteiger partial charge in [0.2, 0.25) is 0 Å². The van der Waals surface area contributed by atoms with Crippen LogP contribution in [0, 0.1) is 0 Å². The molecule has 0 unspecified atom stereocenters. The summed E-state index contributed by atoms with van der Waals surface area (Å²) in [4.78, 5) is 11.5. The first-order valence-corrected chi connectivity index (χ1v) is 13.4. The number of carbonyl (C=O) groups excluding carboxylic acids is 1. The fraction of sp³-hybridized carbons (Fsp3) is 0.750. The summed E-state index contributed by atoms with van der Waals surface area (Å²) in [5, 5.41) is 8.35. The quantitative estimate of drug-likeness (QED) is 0.592. The second kappa shape index (κ2) is 6.00. The molecule has 0 aromatic carbocycles. The zero-order valence-electron chi connectivity index (χ0n) is 12.7. The molecule has 0 spiro atoms. The van der Waals surface area contributed by atoms with Gasteiger partial charge in [0.1, 0.15) is 17.2 Å². The van der Waals surface area contributed by atoms with Gasteiger partial charge in [-0.1, -0.05) is 0 Å². The van der Waals surface area contributed by atoms with Crippen molar-refractivity contribution in [2.24, 2.45) is 10.3 Å². The summed E-state index contributed by atoms with van der Waals surface area (Å²) < 4.78 is 11.1. The highest BCUT2D eigenvalue weighted by atomic mass is 28.4. The predicted molar refractivity (Wildman–Crippen MR) is 82.6 cm³/mol. The molecule has 19 heavy (non-hydrogen) atoms. The number of rotatable bonds is 4.